The van der Waals surface area contributed by atoms with Gasteiger partial charge in [-0.3, -0.25) is 0 Å². The number of ether oxygens (including phenoxy) is 1. The van der Waals surface area contributed by atoms with Crippen LogP contribution >= 0.6 is 15.9 Å². The van der Waals surface area contributed by atoms with E-state index in [-0.39, 0.29) is 18.0 Å². The molecule has 2 unspecified atom stereocenters. The standard InChI is InChI=1S/C9H6BrFO/c10-4-1-6-5(7(11)2-4)3-8-9(6)12-8/h1-2,8-9H,3H2. The molecule has 1 aliphatic heterocycles. The maximum absolute atomic E-state index is 13.3. The normalized spacial score (nSPS) is 29.8. The summed E-state index contributed by atoms with van der Waals surface area (Å²) in [5.41, 5.74) is 1.88. The molecule has 1 saturated heterocycles. The Kier molecular flexibility index (Phi) is 1.23. The van der Waals surface area contributed by atoms with Gasteiger partial charge in [-0.2, -0.15) is 0 Å². The van der Waals surface area contributed by atoms with Crippen LogP contribution in [0, 0.1) is 5.82 Å². The number of halogens is 2. The summed E-state index contributed by atoms with van der Waals surface area (Å²) in [5, 5.41) is 0. The zero-order valence-electron chi connectivity index (χ0n) is 6.18. The average Bonchev–Trinajstić information content (AvgIpc) is 2.68. The fourth-order valence-corrected chi connectivity index (χ4v) is 2.31. The Morgan fingerprint density at radius 1 is 1.50 bits per heavy atom. The smallest absolute Gasteiger partial charge is 0.127 e. The van der Waals surface area contributed by atoms with Gasteiger partial charge in [-0.05, 0) is 23.3 Å². The molecule has 3 heteroatoms. The minimum Gasteiger partial charge on any atom is -0.364 e. The molecule has 1 aliphatic carbocycles. The molecule has 1 fully saturated rings. The molecular formula is C9H6BrFO. The lowest BCUT2D eigenvalue weighted by Crippen LogP contribution is -1.93. The van der Waals surface area contributed by atoms with Gasteiger partial charge in [0.2, 0.25) is 0 Å². The van der Waals surface area contributed by atoms with Crippen LogP contribution < -0.4 is 0 Å². The fourth-order valence-electron chi connectivity index (χ4n) is 1.87. The van der Waals surface area contributed by atoms with Crippen LogP contribution in [-0.2, 0) is 11.2 Å². The zero-order valence-corrected chi connectivity index (χ0v) is 7.77. The van der Waals surface area contributed by atoms with Crippen LogP contribution in [0.4, 0.5) is 4.39 Å². The number of epoxide rings is 1. The van der Waals surface area contributed by atoms with Gasteiger partial charge in [0.25, 0.3) is 0 Å². The largest absolute Gasteiger partial charge is 0.364 e. The molecule has 12 heavy (non-hydrogen) atoms. The number of hydrogen-bond donors (Lipinski definition) is 0. The summed E-state index contributed by atoms with van der Waals surface area (Å²) in [6.45, 7) is 0. The molecule has 3 rings (SSSR count). The van der Waals surface area contributed by atoms with Crippen molar-refractivity contribution in [3.63, 3.8) is 0 Å². The van der Waals surface area contributed by atoms with Crippen molar-refractivity contribution in [2.75, 3.05) is 0 Å². The summed E-state index contributed by atoms with van der Waals surface area (Å²) in [7, 11) is 0. The highest BCUT2D eigenvalue weighted by Gasteiger charge is 2.48. The first-order chi connectivity index (χ1) is 5.75. The highest BCUT2D eigenvalue weighted by molar-refractivity contribution is 9.10. The fraction of sp³-hybridized carbons (Fsp3) is 0.333. The lowest BCUT2D eigenvalue weighted by molar-refractivity contribution is 0.357. The second-order valence-corrected chi connectivity index (χ2v) is 4.17. The first-order valence-electron chi connectivity index (χ1n) is 3.89. The zero-order chi connectivity index (χ0) is 8.29. The molecule has 0 N–H and O–H groups in total. The Labute approximate surface area is 77.7 Å². The van der Waals surface area contributed by atoms with Crippen LogP contribution in [0.2, 0.25) is 0 Å². The number of fused-ring (bicyclic) bond motifs is 3. The molecule has 2 atom stereocenters. The van der Waals surface area contributed by atoms with Crippen molar-refractivity contribution < 1.29 is 9.13 Å². The Morgan fingerprint density at radius 3 is 3.17 bits per heavy atom. The minimum atomic E-state index is -0.102. The van der Waals surface area contributed by atoms with Crippen LogP contribution in [-0.4, -0.2) is 6.10 Å². The maximum Gasteiger partial charge on any atom is 0.127 e. The van der Waals surface area contributed by atoms with Crippen LogP contribution in [0.15, 0.2) is 16.6 Å². The number of rotatable bonds is 0. The van der Waals surface area contributed by atoms with E-state index in [0.29, 0.717) is 0 Å². The van der Waals surface area contributed by atoms with E-state index in [9.17, 15) is 4.39 Å². The van der Waals surface area contributed by atoms with E-state index in [1.54, 1.807) is 0 Å². The van der Waals surface area contributed by atoms with Gasteiger partial charge in [0.15, 0.2) is 0 Å². The second kappa shape index (κ2) is 2.09. The summed E-state index contributed by atoms with van der Waals surface area (Å²) in [5.74, 6) is -0.102. The molecule has 0 radical (unpaired) electrons. The predicted octanol–water partition coefficient (Wildman–Crippen LogP) is 2.58. The monoisotopic (exact) mass is 228 g/mol. The third kappa shape index (κ3) is 0.808. The maximum atomic E-state index is 13.3. The van der Waals surface area contributed by atoms with Gasteiger partial charge in [0, 0.05) is 10.9 Å². The van der Waals surface area contributed by atoms with Crippen LogP contribution in [0.25, 0.3) is 0 Å². The van der Waals surface area contributed by atoms with Gasteiger partial charge in [-0.1, -0.05) is 15.9 Å². The van der Waals surface area contributed by atoms with Gasteiger partial charge in [0.05, 0.1) is 6.10 Å². The lowest BCUT2D eigenvalue weighted by atomic mass is 10.1. The highest BCUT2D eigenvalue weighted by atomic mass is 79.9. The first-order valence-corrected chi connectivity index (χ1v) is 4.68. The molecule has 62 valence electrons. The van der Waals surface area contributed by atoms with Crippen LogP contribution in [0.3, 0.4) is 0 Å². The van der Waals surface area contributed by atoms with Gasteiger partial charge in [0.1, 0.15) is 11.9 Å². The highest BCUT2D eigenvalue weighted by Crippen LogP contribution is 2.49. The summed E-state index contributed by atoms with van der Waals surface area (Å²) >= 11 is 3.27. The van der Waals surface area contributed by atoms with Crippen molar-refractivity contribution in [2.24, 2.45) is 0 Å². The second-order valence-electron chi connectivity index (χ2n) is 3.25. The van der Waals surface area contributed by atoms with E-state index in [2.05, 4.69) is 15.9 Å². The van der Waals surface area contributed by atoms with Crippen molar-refractivity contribution in [3.05, 3.63) is 33.5 Å². The van der Waals surface area contributed by atoms with Crippen molar-refractivity contribution in [1.29, 1.82) is 0 Å². The van der Waals surface area contributed by atoms with Gasteiger partial charge >= 0.3 is 0 Å². The van der Waals surface area contributed by atoms with Crippen molar-refractivity contribution in [1.82, 2.24) is 0 Å². The lowest BCUT2D eigenvalue weighted by Gasteiger charge is -2.03. The Morgan fingerprint density at radius 2 is 2.33 bits per heavy atom. The summed E-state index contributed by atoms with van der Waals surface area (Å²) in [6.07, 6.45) is 1.20. The van der Waals surface area contributed by atoms with E-state index in [1.807, 2.05) is 6.07 Å². The Hall–Kier alpha value is -0.410. The molecule has 1 aromatic rings. The van der Waals surface area contributed by atoms with Crippen LogP contribution in [0.1, 0.15) is 17.2 Å². The third-order valence-corrected chi connectivity index (χ3v) is 2.95. The number of benzene rings is 1. The molecule has 2 aliphatic rings. The van der Waals surface area contributed by atoms with Gasteiger partial charge in [-0.25, -0.2) is 4.39 Å². The van der Waals surface area contributed by atoms with Gasteiger partial charge in [-0.15, -0.1) is 0 Å². The summed E-state index contributed by atoms with van der Waals surface area (Å²) in [6, 6.07) is 3.47. The van der Waals surface area contributed by atoms with Crippen molar-refractivity contribution in [3.8, 4) is 0 Å². The molecule has 0 amide bonds. The molecule has 1 aromatic carbocycles. The molecule has 1 nitrogen and oxygen atoms in total. The van der Waals surface area contributed by atoms with E-state index >= 15 is 0 Å². The summed E-state index contributed by atoms with van der Waals surface area (Å²) < 4.78 is 19.4. The van der Waals surface area contributed by atoms with Crippen LogP contribution in [0.5, 0.6) is 0 Å². The van der Waals surface area contributed by atoms with E-state index in [0.717, 1.165) is 22.0 Å². The van der Waals surface area contributed by atoms with Gasteiger partial charge < -0.3 is 4.74 Å². The minimum absolute atomic E-state index is 0.102. The van der Waals surface area contributed by atoms with E-state index in [1.165, 1.54) is 6.07 Å². The SMILES string of the molecule is Fc1cc(Br)cc2c1CC1OC21. The molecule has 0 bridgehead atoms. The third-order valence-electron chi connectivity index (χ3n) is 2.49. The van der Waals surface area contributed by atoms with Crippen molar-refractivity contribution >= 4 is 15.9 Å². The predicted molar refractivity (Wildman–Crippen MR) is 45.4 cm³/mol. The molecule has 0 saturated carbocycles. The van der Waals surface area contributed by atoms with Crippen molar-refractivity contribution in [2.45, 2.75) is 18.6 Å². The molecule has 0 spiro atoms. The first kappa shape index (κ1) is 7.04. The van der Waals surface area contributed by atoms with E-state index in [4.69, 9.17) is 4.74 Å². The average molecular weight is 229 g/mol. The quantitative estimate of drug-likeness (QED) is 0.623. The Balaban J connectivity index is 2.24. The number of hydrogen-bond acceptors (Lipinski definition) is 1. The topological polar surface area (TPSA) is 12.5 Å². The summed E-state index contributed by atoms with van der Waals surface area (Å²) in [4.78, 5) is 0. The van der Waals surface area contributed by atoms with E-state index < -0.39 is 0 Å². The Bertz CT molecular complexity index is 364. The molecule has 0 aromatic heterocycles. The molecular weight excluding hydrogens is 223 g/mol. The molecule has 1 heterocycles.